The van der Waals surface area contributed by atoms with Crippen molar-refractivity contribution in [3.05, 3.63) is 41.5 Å². The van der Waals surface area contributed by atoms with Gasteiger partial charge in [-0.25, -0.2) is 4.39 Å². The fourth-order valence-corrected chi connectivity index (χ4v) is 1.51. The maximum Gasteiger partial charge on any atom is 0.277 e. The number of carbonyl (C=O) groups is 1. The summed E-state index contributed by atoms with van der Waals surface area (Å²) in [5.74, 6) is -0.809. The average Bonchev–Trinajstić information content (AvgIpc) is 2.83. The average molecular weight is 263 g/mol. The number of carbonyl (C=O) groups excluding carboxylic acids is 1. The summed E-state index contributed by atoms with van der Waals surface area (Å²) in [5.41, 5.74) is 6.43. The minimum Gasteiger partial charge on any atom is -0.329 e. The molecule has 0 aliphatic rings. The van der Waals surface area contributed by atoms with Gasteiger partial charge in [-0.15, -0.1) is 5.10 Å². The van der Waals surface area contributed by atoms with Crippen molar-refractivity contribution in [1.29, 1.82) is 0 Å². The summed E-state index contributed by atoms with van der Waals surface area (Å²) in [7, 11) is 0. The van der Waals surface area contributed by atoms with Gasteiger partial charge in [0, 0.05) is 12.2 Å². The van der Waals surface area contributed by atoms with Gasteiger partial charge >= 0.3 is 0 Å². The van der Waals surface area contributed by atoms with E-state index in [0.717, 1.165) is 0 Å². The Balaban J connectivity index is 2.09. The summed E-state index contributed by atoms with van der Waals surface area (Å²) in [4.78, 5) is 11.8. The summed E-state index contributed by atoms with van der Waals surface area (Å²) in [6, 6.07) is 4.48. The Morgan fingerprint density at radius 3 is 3.00 bits per heavy atom. The van der Waals surface area contributed by atoms with Crippen LogP contribution in [-0.2, 0) is 6.54 Å². The molecule has 0 radical (unpaired) electrons. The summed E-state index contributed by atoms with van der Waals surface area (Å²) >= 11 is 0. The molecule has 0 spiro atoms. The number of halogens is 1. The second kappa shape index (κ2) is 5.57. The molecule has 100 valence electrons. The van der Waals surface area contributed by atoms with Crippen LogP contribution in [0, 0.1) is 12.7 Å². The van der Waals surface area contributed by atoms with Gasteiger partial charge in [0.25, 0.3) is 5.91 Å². The van der Waals surface area contributed by atoms with Gasteiger partial charge in [0.2, 0.25) is 0 Å². The first-order valence-electron chi connectivity index (χ1n) is 5.78. The van der Waals surface area contributed by atoms with E-state index in [1.165, 1.54) is 16.9 Å². The van der Waals surface area contributed by atoms with Crippen LogP contribution < -0.4 is 11.1 Å². The zero-order valence-corrected chi connectivity index (χ0v) is 10.4. The lowest BCUT2D eigenvalue weighted by atomic mass is 10.2. The molecule has 2 aromatic rings. The monoisotopic (exact) mass is 263 g/mol. The minimum absolute atomic E-state index is 0.162. The summed E-state index contributed by atoms with van der Waals surface area (Å²) in [6.45, 7) is 2.55. The van der Waals surface area contributed by atoms with Gasteiger partial charge < -0.3 is 11.1 Å². The van der Waals surface area contributed by atoms with Crippen LogP contribution in [0.5, 0.6) is 0 Å². The molecule has 1 amide bonds. The normalized spacial score (nSPS) is 10.5. The van der Waals surface area contributed by atoms with Crippen LogP contribution in [-0.4, -0.2) is 27.4 Å². The Bertz CT molecular complexity index is 596. The molecule has 0 aliphatic carbocycles. The number of benzene rings is 1. The van der Waals surface area contributed by atoms with Crippen molar-refractivity contribution >= 4 is 11.6 Å². The molecule has 2 rings (SSSR count). The third-order valence-electron chi connectivity index (χ3n) is 2.56. The highest BCUT2D eigenvalue weighted by molar-refractivity contribution is 6.02. The van der Waals surface area contributed by atoms with Crippen LogP contribution in [0.3, 0.4) is 0 Å². The predicted octanol–water partition coefficient (Wildman–Crippen LogP) is 0.937. The quantitative estimate of drug-likeness (QED) is 0.859. The Morgan fingerprint density at radius 2 is 2.32 bits per heavy atom. The van der Waals surface area contributed by atoms with Crippen molar-refractivity contribution in [2.24, 2.45) is 5.73 Å². The largest absolute Gasteiger partial charge is 0.329 e. The first-order valence-corrected chi connectivity index (χ1v) is 5.78. The first-order chi connectivity index (χ1) is 9.10. The zero-order chi connectivity index (χ0) is 13.8. The van der Waals surface area contributed by atoms with Crippen LogP contribution in [0.25, 0.3) is 0 Å². The number of nitrogens with one attached hydrogen (secondary N) is 1. The fourth-order valence-electron chi connectivity index (χ4n) is 1.51. The number of hydrogen-bond donors (Lipinski definition) is 2. The number of aryl methyl sites for hydroxylation is 1. The number of nitrogens with two attached hydrogens (primary N) is 1. The van der Waals surface area contributed by atoms with Gasteiger partial charge in [-0.3, -0.25) is 9.48 Å². The fraction of sp³-hybridized carbons (Fsp3) is 0.250. The second-order valence-corrected chi connectivity index (χ2v) is 4.07. The number of amides is 1. The van der Waals surface area contributed by atoms with Gasteiger partial charge in [0.05, 0.1) is 12.7 Å². The van der Waals surface area contributed by atoms with Gasteiger partial charge in [0.15, 0.2) is 5.69 Å². The Hall–Kier alpha value is -2.28. The first kappa shape index (κ1) is 13.2. The number of nitrogens with zero attached hydrogens (tertiary/aromatic N) is 3. The van der Waals surface area contributed by atoms with Crippen LogP contribution in [0.2, 0.25) is 0 Å². The van der Waals surface area contributed by atoms with E-state index in [1.54, 1.807) is 19.1 Å². The van der Waals surface area contributed by atoms with Gasteiger partial charge in [0.1, 0.15) is 5.82 Å². The lowest BCUT2D eigenvalue weighted by molar-refractivity contribution is 0.102. The van der Waals surface area contributed by atoms with Crippen molar-refractivity contribution in [2.45, 2.75) is 13.5 Å². The van der Waals surface area contributed by atoms with Crippen molar-refractivity contribution < 1.29 is 9.18 Å². The molecule has 0 bridgehead atoms. The van der Waals surface area contributed by atoms with E-state index in [2.05, 4.69) is 15.6 Å². The number of hydrogen-bond acceptors (Lipinski definition) is 4. The molecule has 6 nitrogen and oxygen atoms in total. The van der Waals surface area contributed by atoms with E-state index >= 15 is 0 Å². The number of rotatable bonds is 4. The maximum atomic E-state index is 13.3. The van der Waals surface area contributed by atoms with E-state index in [-0.39, 0.29) is 11.5 Å². The van der Waals surface area contributed by atoms with Gasteiger partial charge in [-0.2, -0.15) is 0 Å². The van der Waals surface area contributed by atoms with Gasteiger partial charge in [-0.05, 0) is 24.6 Å². The molecule has 3 N–H and O–H groups in total. The SMILES string of the molecule is Cc1ccc(NC(=O)c2cn(CCN)nn2)cc1F. The molecule has 7 heteroatoms. The number of aromatic nitrogens is 3. The van der Waals surface area contributed by atoms with Gasteiger partial charge in [-0.1, -0.05) is 11.3 Å². The third-order valence-corrected chi connectivity index (χ3v) is 2.56. The Morgan fingerprint density at radius 1 is 1.53 bits per heavy atom. The van der Waals surface area contributed by atoms with E-state index in [9.17, 15) is 9.18 Å². The predicted molar refractivity (Wildman–Crippen MR) is 68.2 cm³/mol. The lowest BCUT2D eigenvalue weighted by Gasteiger charge is -2.04. The molecule has 0 atom stereocenters. The Kier molecular flexibility index (Phi) is 3.86. The molecule has 0 unspecified atom stereocenters. The van der Waals surface area contributed by atoms with E-state index in [4.69, 9.17) is 5.73 Å². The highest BCUT2D eigenvalue weighted by Gasteiger charge is 2.11. The van der Waals surface area contributed by atoms with E-state index in [1.807, 2.05) is 0 Å². The molecule has 1 aromatic carbocycles. The zero-order valence-electron chi connectivity index (χ0n) is 10.4. The molecule has 19 heavy (non-hydrogen) atoms. The van der Waals surface area contributed by atoms with E-state index in [0.29, 0.717) is 24.3 Å². The Labute approximate surface area is 109 Å². The molecular formula is C12H14FN5O. The lowest BCUT2D eigenvalue weighted by Crippen LogP contribution is -2.13. The van der Waals surface area contributed by atoms with Crippen LogP contribution in [0.4, 0.5) is 10.1 Å². The maximum absolute atomic E-state index is 13.3. The smallest absolute Gasteiger partial charge is 0.277 e. The molecule has 1 aromatic heterocycles. The van der Waals surface area contributed by atoms with E-state index < -0.39 is 5.91 Å². The van der Waals surface area contributed by atoms with Crippen molar-refractivity contribution in [2.75, 3.05) is 11.9 Å². The molecule has 0 saturated heterocycles. The molecule has 0 aliphatic heterocycles. The minimum atomic E-state index is -0.438. The van der Waals surface area contributed by atoms with Crippen molar-refractivity contribution in [1.82, 2.24) is 15.0 Å². The summed E-state index contributed by atoms with van der Waals surface area (Å²) < 4.78 is 14.8. The highest BCUT2D eigenvalue weighted by Crippen LogP contribution is 2.14. The second-order valence-electron chi connectivity index (χ2n) is 4.07. The molecule has 1 heterocycles. The standard InChI is InChI=1S/C12H14FN5O/c1-8-2-3-9(6-10(8)13)15-12(19)11-7-18(5-4-14)17-16-11/h2-3,6-7H,4-5,14H2,1H3,(H,15,19). The highest BCUT2D eigenvalue weighted by atomic mass is 19.1. The molecule has 0 saturated carbocycles. The summed E-state index contributed by atoms with van der Waals surface area (Å²) in [5, 5.41) is 10.0. The van der Waals surface area contributed by atoms with Crippen molar-refractivity contribution in [3.63, 3.8) is 0 Å². The van der Waals surface area contributed by atoms with Crippen LogP contribution in [0.15, 0.2) is 24.4 Å². The summed E-state index contributed by atoms with van der Waals surface area (Å²) in [6.07, 6.45) is 1.49. The molecule has 0 fully saturated rings. The topological polar surface area (TPSA) is 85.8 Å². The van der Waals surface area contributed by atoms with Crippen LogP contribution in [0.1, 0.15) is 16.1 Å². The van der Waals surface area contributed by atoms with Crippen molar-refractivity contribution in [3.8, 4) is 0 Å². The molecular weight excluding hydrogens is 249 g/mol. The number of anilines is 1. The van der Waals surface area contributed by atoms with Crippen LogP contribution >= 0.6 is 0 Å². The third kappa shape index (κ3) is 3.14.